The Hall–Kier alpha value is -2.73. The monoisotopic (exact) mass is 326 g/mol. The smallest absolute Gasteiger partial charge is 0.263 e. The van der Waals surface area contributed by atoms with Crippen LogP contribution in [0.25, 0.3) is 0 Å². The Morgan fingerprint density at radius 2 is 1.65 bits per heavy atom. The number of hydrogen-bond donors (Lipinski definition) is 0. The molecule has 0 radical (unpaired) electrons. The van der Waals surface area contributed by atoms with Crippen molar-refractivity contribution in [1.29, 1.82) is 0 Å². The van der Waals surface area contributed by atoms with E-state index in [4.69, 9.17) is 11.6 Å². The Morgan fingerprint density at radius 1 is 0.913 bits per heavy atom. The Balaban J connectivity index is 1.72. The second kappa shape index (κ2) is 5.17. The average Bonchev–Trinajstić information content (AvgIpc) is 3.09. The van der Waals surface area contributed by atoms with E-state index in [1.165, 1.54) is 5.01 Å². The van der Waals surface area contributed by atoms with Crippen LogP contribution in [-0.2, 0) is 9.59 Å². The molecule has 1 saturated heterocycles. The van der Waals surface area contributed by atoms with Gasteiger partial charge >= 0.3 is 0 Å². The molecule has 0 bridgehead atoms. The molecule has 114 valence electrons. The summed E-state index contributed by atoms with van der Waals surface area (Å²) in [6, 6.07) is 14.3. The van der Waals surface area contributed by atoms with Crippen LogP contribution in [0.1, 0.15) is 0 Å². The second-order valence-corrected chi connectivity index (χ2v) is 5.70. The number of amides is 2. The molecule has 0 N–H and O–H groups in total. The SMILES string of the molecule is O=C1[C@@H]2[C@@H](N=NN2c2ccccc2)C(=O)N1c1cccc(Cl)c1. The van der Waals surface area contributed by atoms with Crippen LogP contribution in [0.3, 0.4) is 0 Å². The van der Waals surface area contributed by atoms with Crippen molar-refractivity contribution in [2.45, 2.75) is 12.1 Å². The largest absolute Gasteiger partial charge is 0.271 e. The minimum Gasteiger partial charge on any atom is -0.271 e. The maximum absolute atomic E-state index is 12.8. The highest BCUT2D eigenvalue weighted by molar-refractivity contribution is 6.31. The minimum absolute atomic E-state index is 0.351. The molecule has 0 aliphatic carbocycles. The zero-order valence-corrected chi connectivity index (χ0v) is 12.6. The molecule has 2 heterocycles. The maximum atomic E-state index is 12.8. The van der Waals surface area contributed by atoms with E-state index in [1.807, 2.05) is 30.3 Å². The summed E-state index contributed by atoms with van der Waals surface area (Å²) in [7, 11) is 0. The fraction of sp³-hybridized carbons (Fsp3) is 0.125. The van der Waals surface area contributed by atoms with Gasteiger partial charge in [-0.15, -0.1) is 0 Å². The molecule has 2 amide bonds. The van der Waals surface area contributed by atoms with Gasteiger partial charge in [0.05, 0.1) is 11.4 Å². The van der Waals surface area contributed by atoms with E-state index < -0.39 is 12.1 Å². The third-order valence-corrected chi connectivity index (χ3v) is 4.10. The summed E-state index contributed by atoms with van der Waals surface area (Å²) in [6.45, 7) is 0. The summed E-state index contributed by atoms with van der Waals surface area (Å²) in [5.74, 6) is -0.736. The number of fused-ring (bicyclic) bond motifs is 1. The first-order valence-corrected chi connectivity index (χ1v) is 7.43. The Morgan fingerprint density at radius 3 is 2.39 bits per heavy atom. The molecular weight excluding hydrogens is 316 g/mol. The van der Waals surface area contributed by atoms with Gasteiger partial charge in [0, 0.05) is 5.02 Å². The highest BCUT2D eigenvalue weighted by Crippen LogP contribution is 2.35. The van der Waals surface area contributed by atoms with Crippen molar-refractivity contribution >= 4 is 34.8 Å². The number of para-hydroxylation sites is 1. The number of halogens is 1. The third-order valence-electron chi connectivity index (χ3n) is 3.87. The van der Waals surface area contributed by atoms with Gasteiger partial charge < -0.3 is 0 Å². The van der Waals surface area contributed by atoms with Crippen molar-refractivity contribution in [3.05, 3.63) is 59.6 Å². The topological polar surface area (TPSA) is 65.3 Å². The van der Waals surface area contributed by atoms with Gasteiger partial charge in [-0.3, -0.25) is 9.59 Å². The normalized spacial score (nSPS) is 22.8. The van der Waals surface area contributed by atoms with Gasteiger partial charge in [-0.05, 0) is 30.3 Å². The van der Waals surface area contributed by atoms with Crippen LogP contribution in [0.15, 0.2) is 64.9 Å². The number of hydrogen-bond acceptors (Lipinski definition) is 5. The Labute approximate surface area is 136 Å². The number of rotatable bonds is 2. The maximum Gasteiger partial charge on any atom is 0.263 e. The molecule has 4 rings (SSSR count). The van der Waals surface area contributed by atoms with Crippen molar-refractivity contribution in [2.24, 2.45) is 10.3 Å². The molecule has 6 nitrogen and oxygen atoms in total. The van der Waals surface area contributed by atoms with E-state index >= 15 is 0 Å². The fourth-order valence-electron chi connectivity index (χ4n) is 2.82. The summed E-state index contributed by atoms with van der Waals surface area (Å²) in [5.41, 5.74) is 1.17. The van der Waals surface area contributed by atoms with E-state index in [2.05, 4.69) is 10.3 Å². The zero-order valence-electron chi connectivity index (χ0n) is 11.8. The van der Waals surface area contributed by atoms with Gasteiger partial charge in [0.1, 0.15) is 0 Å². The van der Waals surface area contributed by atoms with Gasteiger partial charge in [-0.2, -0.15) is 5.11 Å². The lowest BCUT2D eigenvalue weighted by Gasteiger charge is -2.20. The lowest BCUT2D eigenvalue weighted by Crippen LogP contribution is -2.39. The molecule has 1 fully saturated rings. The predicted molar refractivity (Wildman–Crippen MR) is 85.3 cm³/mol. The molecule has 2 aliphatic heterocycles. The molecule has 0 aromatic heterocycles. The molecule has 7 heteroatoms. The number of carbonyl (C=O) groups excluding carboxylic acids is 2. The highest BCUT2D eigenvalue weighted by Gasteiger charge is 2.55. The van der Waals surface area contributed by atoms with Crippen LogP contribution < -0.4 is 9.91 Å². The molecule has 0 spiro atoms. The van der Waals surface area contributed by atoms with Crippen molar-refractivity contribution in [1.82, 2.24) is 0 Å². The highest BCUT2D eigenvalue weighted by atomic mass is 35.5. The number of anilines is 2. The number of carbonyl (C=O) groups is 2. The second-order valence-electron chi connectivity index (χ2n) is 5.27. The molecule has 2 aliphatic rings. The van der Waals surface area contributed by atoms with Gasteiger partial charge in [-0.1, -0.05) is 41.1 Å². The Kier molecular flexibility index (Phi) is 3.12. The lowest BCUT2D eigenvalue weighted by atomic mass is 10.1. The molecular formula is C16H11ClN4O2. The van der Waals surface area contributed by atoms with Crippen LogP contribution >= 0.6 is 11.6 Å². The first-order chi connectivity index (χ1) is 11.2. The number of benzene rings is 2. The summed E-state index contributed by atoms with van der Waals surface area (Å²) in [6.07, 6.45) is 0. The van der Waals surface area contributed by atoms with Gasteiger partial charge in [0.25, 0.3) is 11.8 Å². The molecule has 23 heavy (non-hydrogen) atoms. The Bertz CT molecular complexity index is 824. The van der Waals surface area contributed by atoms with E-state index in [0.29, 0.717) is 10.7 Å². The van der Waals surface area contributed by atoms with Gasteiger partial charge in [0.15, 0.2) is 12.1 Å². The zero-order chi connectivity index (χ0) is 16.0. The number of imide groups is 1. The first kappa shape index (κ1) is 13.9. The molecule has 2 aromatic carbocycles. The van der Waals surface area contributed by atoms with E-state index in [-0.39, 0.29) is 11.8 Å². The van der Waals surface area contributed by atoms with Crippen molar-refractivity contribution in [2.75, 3.05) is 9.91 Å². The molecule has 2 aromatic rings. The van der Waals surface area contributed by atoms with E-state index in [1.54, 1.807) is 24.3 Å². The summed E-state index contributed by atoms with van der Waals surface area (Å²) in [4.78, 5) is 26.5. The third kappa shape index (κ3) is 2.10. The quantitative estimate of drug-likeness (QED) is 0.797. The molecule has 0 unspecified atom stereocenters. The van der Waals surface area contributed by atoms with Crippen LogP contribution in [0.2, 0.25) is 5.02 Å². The predicted octanol–water partition coefficient (Wildman–Crippen LogP) is 2.84. The molecule has 0 saturated carbocycles. The average molecular weight is 327 g/mol. The summed E-state index contributed by atoms with van der Waals surface area (Å²) >= 11 is 5.96. The first-order valence-electron chi connectivity index (χ1n) is 7.05. The lowest BCUT2D eigenvalue weighted by molar-refractivity contribution is -0.121. The summed E-state index contributed by atoms with van der Waals surface area (Å²) < 4.78 is 0. The van der Waals surface area contributed by atoms with Crippen LogP contribution in [0.5, 0.6) is 0 Å². The van der Waals surface area contributed by atoms with Gasteiger partial charge in [-0.25, -0.2) is 9.91 Å². The standard InChI is InChI=1S/C16H11ClN4O2/c17-10-5-4-8-12(9-10)20-15(22)13-14(16(20)23)21(19-18-13)11-6-2-1-3-7-11/h1-9,13-14H/t13-,14+/m1/s1. The molecule has 2 atom stereocenters. The minimum atomic E-state index is -0.818. The van der Waals surface area contributed by atoms with Crippen LogP contribution in [0.4, 0.5) is 11.4 Å². The number of nitrogens with zero attached hydrogens (tertiary/aromatic N) is 4. The van der Waals surface area contributed by atoms with Crippen LogP contribution in [0, 0.1) is 0 Å². The summed E-state index contributed by atoms with van der Waals surface area (Å²) in [5, 5.41) is 9.95. The van der Waals surface area contributed by atoms with Crippen molar-refractivity contribution in [3.8, 4) is 0 Å². The van der Waals surface area contributed by atoms with Crippen molar-refractivity contribution in [3.63, 3.8) is 0 Å². The fourth-order valence-corrected chi connectivity index (χ4v) is 3.01. The van der Waals surface area contributed by atoms with Gasteiger partial charge in [0.2, 0.25) is 0 Å². The van der Waals surface area contributed by atoms with Crippen LogP contribution in [-0.4, -0.2) is 23.9 Å². The van der Waals surface area contributed by atoms with E-state index in [9.17, 15) is 9.59 Å². The van der Waals surface area contributed by atoms with Crippen molar-refractivity contribution < 1.29 is 9.59 Å². The van der Waals surface area contributed by atoms with E-state index in [0.717, 1.165) is 10.6 Å².